The second kappa shape index (κ2) is 9.17. The molecule has 1 rings (SSSR count). The molecule has 0 fully saturated rings. The van der Waals surface area contributed by atoms with Gasteiger partial charge >= 0.3 is 0 Å². The Morgan fingerprint density at radius 3 is 2.68 bits per heavy atom. The van der Waals surface area contributed by atoms with Gasteiger partial charge in [-0.3, -0.25) is 9.59 Å². The lowest BCUT2D eigenvalue weighted by molar-refractivity contribution is -0.129. The van der Waals surface area contributed by atoms with Crippen molar-refractivity contribution in [1.82, 2.24) is 10.7 Å². The van der Waals surface area contributed by atoms with Crippen molar-refractivity contribution in [3.05, 3.63) is 36.4 Å². The van der Waals surface area contributed by atoms with Gasteiger partial charge in [0.2, 0.25) is 11.8 Å². The Hall–Kier alpha value is -2.83. The summed E-state index contributed by atoms with van der Waals surface area (Å²) in [5.41, 5.74) is 2.94. The Bertz CT molecular complexity index is 570. The molecule has 0 saturated heterocycles. The zero-order valence-electron chi connectivity index (χ0n) is 12.6. The third-order valence-corrected chi connectivity index (χ3v) is 2.60. The highest BCUT2D eigenvalue weighted by Gasteiger charge is 2.07. The second-order valence-corrected chi connectivity index (χ2v) is 4.17. The van der Waals surface area contributed by atoms with Gasteiger partial charge in [0.15, 0.2) is 0 Å². The van der Waals surface area contributed by atoms with Crippen LogP contribution in [0, 0.1) is 0 Å². The van der Waals surface area contributed by atoms with Gasteiger partial charge in [-0.25, -0.2) is 5.43 Å². The molecular formula is C15H19N3O4. The lowest BCUT2D eigenvalue weighted by Crippen LogP contribution is -2.29. The van der Waals surface area contributed by atoms with Gasteiger partial charge in [-0.05, 0) is 12.1 Å². The molecular weight excluding hydrogens is 286 g/mol. The number of hydrogen-bond acceptors (Lipinski definition) is 5. The van der Waals surface area contributed by atoms with E-state index in [4.69, 9.17) is 9.47 Å². The van der Waals surface area contributed by atoms with Gasteiger partial charge in [0.1, 0.15) is 17.9 Å². The molecule has 0 aliphatic rings. The molecule has 1 aromatic carbocycles. The van der Waals surface area contributed by atoms with E-state index in [1.807, 2.05) is 0 Å². The predicted octanol–water partition coefficient (Wildman–Crippen LogP) is 0.846. The highest BCUT2D eigenvalue weighted by atomic mass is 16.5. The largest absolute Gasteiger partial charge is 0.497 e. The number of methoxy groups -OCH3 is 2. The summed E-state index contributed by atoms with van der Waals surface area (Å²) in [4.78, 5) is 22.8. The first kappa shape index (κ1) is 17.2. The first-order valence-electron chi connectivity index (χ1n) is 6.52. The molecule has 0 unspecified atom stereocenters. The van der Waals surface area contributed by atoms with Crippen molar-refractivity contribution in [1.29, 1.82) is 0 Å². The zero-order chi connectivity index (χ0) is 16.4. The van der Waals surface area contributed by atoms with Gasteiger partial charge in [0, 0.05) is 18.2 Å². The molecule has 0 aliphatic carbocycles. The summed E-state index contributed by atoms with van der Waals surface area (Å²) in [6.45, 7) is 3.78. The van der Waals surface area contributed by atoms with Crippen LogP contribution < -0.4 is 20.2 Å². The molecule has 0 atom stereocenters. The van der Waals surface area contributed by atoms with Crippen LogP contribution in [0.2, 0.25) is 0 Å². The number of rotatable bonds is 8. The molecule has 0 radical (unpaired) electrons. The average molecular weight is 305 g/mol. The van der Waals surface area contributed by atoms with Crippen LogP contribution in [0.25, 0.3) is 0 Å². The first-order valence-corrected chi connectivity index (χ1v) is 6.52. The van der Waals surface area contributed by atoms with E-state index in [1.165, 1.54) is 19.4 Å². The quantitative estimate of drug-likeness (QED) is 0.322. The molecule has 0 spiro atoms. The molecule has 0 bridgehead atoms. The maximum Gasteiger partial charge on any atom is 0.249 e. The molecule has 2 N–H and O–H groups in total. The van der Waals surface area contributed by atoms with Gasteiger partial charge in [-0.1, -0.05) is 6.08 Å². The van der Waals surface area contributed by atoms with Gasteiger partial charge < -0.3 is 14.8 Å². The number of carbonyl (C=O) groups excluding carboxylic acids is 2. The van der Waals surface area contributed by atoms with Crippen molar-refractivity contribution in [2.24, 2.45) is 5.10 Å². The fourth-order valence-corrected chi connectivity index (χ4v) is 1.53. The smallest absolute Gasteiger partial charge is 0.249 e. The summed E-state index contributed by atoms with van der Waals surface area (Å²) in [7, 11) is 3.08. The van der Waals surface area contributed by atoms with Crippen molar-refractivity contribution < 1.29 is 19.1 Å². The molecule has 22 heavy (non-hydrogen) atoms. The minimum absolute atomic E-state index is 0.301. The third kappa shape index (κ3) is 5.66. The van der Waals surface area contributed by atoms with Crippen LogP contribution in [0.3, 0.4) is 0 Å². The van der Waals surface area contributed by atoms with Crippen molar-refractivity contribution >= 4 is 18.0 Å². The molecule has 0 heterocycles. The lowest BCUT2D eigenvalue weighted by Gasteiger charge is -2.06. The van der Waals surface area contributed by atoms with E-state index in [0.717, 1.165) is 0 Å². The monoisotopic (exact) mass is 305 g/mol. The normalized spacial score (nSPS) is 10.1. The van der Waals surface area contributed by atoms with Crippen LogP contribution >= 0.6 is 0 Å². The number of ether oxygens (including phenoxy) is 2. The van der Waals surface area contributed by atoms with Crippen LogP contribution in [-0.4, -0.2) is 38.8 Å². The predicted molar refractivity (Wildman–Crippen MR) is 83.1 cm³/mol. The van der Waals surface area contributed by atoms with Crippen LogP contribution in [-0.2, 0) is 9.59 Å². The Balaban J connectivity index is 2.56. The number of benzene rings is 1. The molecule has 7 heteroatoms. The fraction of sp³-hybridized carbons (Fsp3) is 0.267. The molecule has 2 amide bonds. The Morgan fingerprint density at radius 1 is 1.27 bits per heavy atom. The summed E-state index contributed by atoms with van der Waals surface area (Å²) in [5, 5.41) is 6.29. The lowest BCUT2D eigenvalue weighted by atomic mass is 10.2. The van der Waals surface area contributed by atoms with Crippen LogP contribution in [0.1, 0.15) is 12.0 Å². The van der Waals surface area contributed by atoms with Crippen LogP contribution in [0.5, 0.6) is 11.5 Å². The van der Waals surface area contributed by atoms with Crippen molar-refractivity contribution in [2.75, 3.05) is 20.8 Å². The van der Waals surface area contributed by atoms with E-state index in [9.17, 15) is 9.59 Å². The minimum Gasteiger partial charge on any atom is -0.497 e. The van der Waals surface area contributed by atoms with Gasteiger partial charge in [0.05, 0.1) is 20.4 Å². The molecule has 7 nitrogen and oxygen atoms in total. The number of carbonyl (C=O) groups is 2. The van der Waals surface area contributed by atoms with E-state index in [-0.39, 0.29) is 6.42 Å². The maximum atomic E-state index is 11.5. The van der Waals surface area contributed by atoms with Gasteiger partial charge in [-0.2, -0.15) is 5.10 Å². The molecule has 1 aromatic rings. The van der Waals surface area contributed by atoms with Crippen LogP contribution in [0.4, 0.5) is 0 Å². The van der Waals surface area contributed by atoms with Crippen molar-refractivity contribution in [3.63, 3.8) is 0 Å². The summed E-state index contributed by atoms with van der Waals surface area (Å²) < 4.78 is 10.3. The zero-order valence-corrected chi connectivity index (χ0v) is 12.6. The van der Waals surface area contributed by atoms with Crippen molar-refractivity contribution in [3.8, 4) is 11.5 Å². The van der Waals surface area contributed by atoms with E-state index in [0.29, 0.717) is 23.6 Å². The Morgan fingerprint density at radius 2 is 2.05 bits per heavy atom. The highest BCUT2D eigenvalue weighted by Crippen LogP contribution is 2.22. The minimum atomic E-state index is -0.509. The van der Waals surface area contributed by atoms with E-state index < -0.39 is 11.8 Å². The van der Waals surface area contributed by atoms with Crippen molar-refractivity contribution in [2.45, 2.75) is 6.42 Å². The second-order valence-electron chi connectivity index (χ2n) is 4.17. The topological polar surface area (TPSA) is 89.0 Å². The average Bonchev–Trinajstić information content (AvgIpc) is 2.53. The maximum absolute atomic E-state index is 11.5. The molecule has 0 saturated carbocycles. The summed E-state index contributed by atoms with van der Waals surface area (Å²) in [6.07, 6.45) is 2.66. The SMILES string of the molecule is C=CCNC(=O)CC(=O)N/N=C/c1ccc(OC)cc1OC. The van der Waals surface area contributed by atoms with Gasteiger partial charge in [-0.15, -0.1) is 6.58 Å². The molecule has 0 aliphatic heterocycles. The third-order valence-electron chi connectivity index (χ3n) is 2.60. The number of hydrazone groups is 1. The number of amides is 2. The van der Waals surface area contributed by atoms with E-state index in [1.54, 1.807) is 25.3 Å². The highest BCUT2D eigenvalue weighted by molar-refractivity contribution is 5.97. The number of hydrogen-bond donors (Lipinski definition) is 2. The van der Waals surface area contributed by atoms with Crippen LogP contribution in [0.15, 0.2) is 36.0 Å². The summed E-state index contributed by atoms with van der Waals surface area (Å²) in [5.74, 6) is 0.304. The number of nitrogens with one attached hydrogen (secondary N) is 2. The number of nitrogens with zero attached hydrogens (tertiary/aromatic N) is 1. The summed E-state index contributed by atoms with van der Waals surface area (Å²) >= 11 is 0. The Kier molecular flexibility index (Phi) is 7.18. The fourth-order valence-electron chi connectivity index (χ4n) is 1.53. The van der Waals surface area contributed by atoms with E-state index >= 15 is 0 Å². The summed E-state index contributed by atoms with van der Waals surface area (Å²) in [6, 6.07) is 5.18. The molecule has 118 valence electrons. The first-order chi connectivity index (χ1) is 10.6. The molecule has 0 aromatic heterocycles. The Labute approximate surface area is 129 Å². The standard InChI is InChI=1S/C15H19N3O4/c1-4-7-16-14(19)9-15(20)18-17-10-11-5-6-12(21-2)8-13(11)22-3/h4-6,8,10H,1,7,9H2,2-3H3,(H,16,19)(H,18,20)/b17-10+. The van der Waals surface area contributed by atoms with Gasteiger partial charge in [0.25, 0.3) is 0 Å². The van der Waals surface area contributed by atoms with E-state index in [2.05, 4.69) is 22.4 Å².